The number of carbonyl (C=O) groups excluding carboxylic acids is 2. The Morgan fingerprint density at radius 2 is 1.93 bits per heavy atom. The van der Waals surface area contributed by atoms with Crippen LogP contribution in [-0.2, 0) is 16.6 Å². The molecular formula is C21H27N3O4. The summed E-state index contributed by atoms with van der Waals surface area (Å²) in [5.41, 5.74) is 1.59. The Kier molecular flexibility index (Phi) is 7.52. The second-order valence-corrected chi connectivity index (χ2v) is 6.54. The fraction of sp³-hybridized carbons (Fsp3) is 0.381. The Balaban J connectivity index is 2.36. The number of hydrogen-bond donors (Lipinski definition) is 1. The van der Waals surface area contributed by atoms with Crippen molar-refractivity contribution in [3.8, 4) is 0 Å². The summed E-state index contributed by atoms with van der Waals surface area (Å²) in [4.78, 5) is 38.6. The molecule has 1 N–H and O–H groups in total. The molecule has 0 fully saturated rings. The van der Waals surface area contributed by atoms with Gasteiger partial charge in [-0.05, 0) is 25.5 Å². The average Bonchev–Trinajstić information content (AvgIpc) is 2.70. The first-order valence-corrected chi connectivity index (χ1v) is 9.21. The maximum Gasteiger partial charge on any atom is 0.255 e. The van der Waals surface area contributed by atoms with Gasteiger partial charge in [0.15, 0.2) is 0 Å². The average molecular weight is 385 g/mol. The van der Waals surface area contributed by atoms with Crippen LogP contribution >= 0.6 is 0 Å². The van der Waals surface area contributed by atoms with Crippen LogP contribution in [0.4, 0.5) is 0 Å². The third-order valence-electron chi connectivity index (χ3n) is 4.44. The Hall–Kier alpha value is -2.93. The Labute approximate surface area is 164 Å². The Morgan fingerprint density at radius 3 is 2.50 bits per heavy atom. The molecular weight excluding hydrogens is 358 g/mol. The highest BCUT2D eigenvalue weighted by Crippen LogP contribution is 2.20. The van der Waals surface area contributed by atoms with Crippen LogP contribution in [0, 0.1) is 6.92 Å². The number of nitrogens with one attached hydrogen (secondary N) is 1. The van der Waals surface area contributed by atoms with Crippen LogP contribution in [0.15, 0.2) is 47.4 Å². The van der Waals surface area contributed by atoms with Crippen LogP contribution in [0.25, 0.3) is 0 Å². The molecule has 0 saturated heterocycles. The molecule has 1 atom stereocenters. The molecule has 0 spiro atoms. The smallest absolute Gasteiger partial charge is 0.255 e. The van der Waals surface area contributed by atoms with E-state index in [2.05, 4.69) is 5.32 Å². The van der Waals surface area contributed by atoms with E-state index in [0.717, 1.165) is 5.56 Å². The molecule has 1 unspecified atom stereocenters. The van der Waals surface area contributed by atoms with Crippen molar-refractivity contribution in [2.45, 2.75) is 20.0 Å². The topological polar surface area (TPSA) is 80.6 Å². The zero-order valence-corrected chi connectivity index (χ0v) is 16.8. The van der Waals surface area contributed by atoms with E-state index >= 15 is 0 Å². The quantitative estimate of drug-likeness (QED) is 0.749. The molecule has 0 aliphatic rings. The number of hydrogen-bond acceptors (Lipinski definition) is 4. The fourth-order valence-electron chi connectivity index (χ4n) is 2.97. The molecule has 0 aliphatic heterocycles. The summed E-state index contributed by atoms with van der Waals surface area (Å²) in [6.45, 7) is 4.13. The summed E-state index contributed by atoms with van der Waals surface area (Å²) in [5.74, 6) is -0.610. The summed E-state index contributed by atoms with van der Waals surface area (Å²) >= 11 is 0. The molecule has 2 amide bonds. The van der Waals surface area contributed by atoms with Crippen LogP contribution in [0.5, 0.6) is 0 Å². The van der Waals surface area contributed by atoms with Crippen LogP contribution in [-0.4, -0.2) is 48.0 Å². The van der Waals surface area contributed by atoms with Gasteiger partial charge in [0.25, 0.3) is 11.5 Å². The first-order chi connectivity index (χ1) is 13.4. The molecule has 0 bridgehead atoms. The molecule has 0 radical (unpaired) electrons. The first kappa shape index (κ1) is 21.4. The predicted octanol–water partition coefficient (Wildman–Crippen LogP) is 1.66. The maximum atomic E-state index is 13.2. The predicted molar refractivity (Wildman–Crippen MR) is 107 cm³/mol. The molecule has 150 valence electrons. The van der Waals surface area contributed by atoms with E-state index in [1.54, 1.807) is 20.0 Å². The van der Waals surface area contributed by atoms with Gasteiger partial charge in [0.2, 0.25) is 5.91 Å². The van der Waals surface area contributed by atoms with Crippen molar-refractivity contribution in [2.24, 2.45) is 7.05 Å². The van der Waals surface area contributed by atoms with Crippen molar-refractivity contribution >= 4 is 11.8 Å². The molecule has 28 heavy (non-hydrogen) atoms. The van der Waals surface area contributed by atoms with E-state index < -0.39 is 0 Å². The van der Waals surface area contributed by atoms with E-state index in [4.69, 9.17) is 4.74 Å². The number of benzene rings is 1. The van der Waals surface area contributed by atoms with Gasteiger partial charge in [-0.15, -0.1) is 0 Å². The number of likely N-dealkylation sites (N-methyl/N-ethyl adjacent to an activating group) is 1. The molecule has 2 aromatic rings. The molecule has 2 rings (SSSR count). The molecule has 0 saturated carbocycles. The summed E-state index contributed by atoms with van der Waals surface area (Å²) in [7, 11) is 3.13. The van der Waals surface area contributed by atoms with Crippen LogP contribution < -0.4 is 10.9 Å². The minimum Gasteiger partial charge on any atom is -0.372 e. The molecule has 7 heteroatoms. The Bertz CT molecular complexity index is 851. The lowest BCUT2D eigenvalue weighted by atomic mass is 10.1. The summed E-state index contributed by atoms with van der Waals surface area (Å²) in [6, 6.07) is 11.1. The van der Waals surface area contributed by atoms with Crippen molar-refractivity contribution in [3.05, 3.63) is 69.6 Å². The minimum absolute atomic E-state index is 0.104. The number of aromatic nitrogens is 1. The lowest BCUT2D eigenvalue weighted by Gasteiger charge is -2.27. The number of ether oxygens (including phenoxy) is 1. The third-order valence-corrected chi connectivity index (χ3v) is 4.44. The Morgan fingerprint density at radius 1 is 1.25 bits per heavy atom. The summed E-state index contributed by atoms with van der Waals surface area (Å²) < 4.78 is 7.22. The lowest BCUT2D eigenvalue weighted by Crippen LogP contribution is -2.42. The standard InChI is InChI=1S/C21H27N3O4/c1-5-28-18(16-9-7-6-8-10-16)13-24(14-19(25)22-3)21(27)17-11-15(2)20(26)23(4)12-17/h6-12,18H,5,13-14H2,1-4H3,(H,22,25). The van der Waals surface area contributed by atoms with Crippen LogP contribution in [0.1, 0.15) is 34.5 Å². The minimum atomic E-state index is -0.367. The van der Waals surface area contributed by atoms with Gasteiger partial charge in [-0.3, -0.25) is 14.4 Å². The molecule has 1 heterocycles. The van der Waals surface area contributed by atoms with Crippen LogP contribution in [0.3, 0.4) is 0 Å². The third kappa shape index (κ3) is 5.29. The normalized spacial score (nSPS) is 11.7. The van der Waals surface area contributed by atoms with Gasteiger partial charge >= 0.3 is 0 Å². The number of aryl methyl sites for hydroxylation is 2. The van der Waals surface area contributed by atoms with Crippen molar-refractivity contribution in [1.82, 2.24) is 14.8 Å². The highest BCUT2D eigenvalue weighted by atomic mass is 16.5. The fourth-order valence-corrected chi connectivity index (χ4v) is 2.97. The molecule has 1 aromatic carbocycles. The van der Waals surface area contributed by atoms with E-state index in [1.165, 1.54) is 22.7 Å². The van der Waals surface area contributed by atoms with E-state index in [1.807, 2.05) is 37.3 Å². The zero-order valence-electron chi connectivity index (χ0n) is 16.8. The second kappa shape index (κ2) is 9.85. The van der Waals surface area contributed by atoms with Crippen molar-refractivity contribution in [1.29, 1.82) is 0 Å². The molecule has 7 nitrogen and oxygen atoms in total. The van der Waals surface area contributed by atoms with E-state index in [-0.39, 0.29) is 36.6 Å². The number of rotatable bonds is 8. The molecule has 0 aliphatic carbocycles. The van der Waals surface area contributed by atoms with E-state index in [0.29, 0.717) is 17.7 Å². The highest BCUT2D eigenvalue weighted by Gasteiger charge is 2.24. The van der Waals surface area contributed by atoms with Gasteiger partial charge < -0.3 is 19.5 Å². The number of pyridine rings is 1. The van der Waals surface area contributed by atoms with Gasteiger partial charge in [0.1, 0.15) is 6.10 Å². The lowest BCUT2D eigenvalue weighted by molar-refractivity contribution is -0.121. The van der Waals surface area contributed by atoms with Gasteiger partial charge in [0, 0.05) is 32.5 Å². The van der Waals surface area contributed by atoms with Gasteiger partial charge in [0.05, 0.1) is 18.7 Å². The van der Waals surface area contributed by atoms with Crippen molar-refractivity contribution in [3.63, 3.8) is 0 Å². The zero-order chi connectivity index (χ0) is 20.7. The summed E-state index contributed by atoms with van der Waals surface area (Å²) in [5, 5.41) is 2.55. The maximum absolute atomic E-state index is 13.2. The van der Waals surface area contributed by atoms with Crippen molar-refractivity contribution < 1.29 is 14.3 Å². The SMILES string of the molecule is CCOC(CN(CC(=O)NC)C(=O)c1cc(C)c(=O)n(C)c1)c1ccccc1. The largest absolute Gasteiger partial charge is 0.372 e. The van der Waals surface area contributed by atoms with Crippen molar-refractivity contribution in [2.75, 3.05) is 26.7 Å². The number of amides is 2. The monoisotopic (exact) mass is 385 g/mol. The molecule has 1 aromatic heterocycles. The summed E-state index contributed by atoms with van der Waals surface area (Å²) in [6.07, 6.45) is 1.13. The van der Waals surface area contributed by atoms with Gasteiger partial charge in [-0.1, -0.05) is 30.3 Å². The number of nitrogens with zero attached hydrogens (tertiary/aromatic N) is 2. The van der Waals surface area contributed by atoms with Gasteiger partial charge in [-0.25, -0.2) is 0 Å². The second-order valence-electron chi connectivity index (χ2n) is 6.54. The van der Waals surface area contributed by atoms with Gasteiger partial charge in [-0.2, -0.15) is 0 Å². The van der Waals surface area contributed by atoms with Crippen LogP contribution in [0.2, 0.25) is 0 Å². The first-order valence-electron chi connectivity index (χ1n) is 9.21. The highest BCUT2D eigenvalue weighted by molar-refractivity contribution is 5.96. The number of carbonyl (C=O) groups is 2. The van der Waals surface area contributed by atoms with E-state index in [9.17, 15) is 14.4 Å².